The number of oxazole rings is 1. The summed E-state index contributed by atoms with van der Waals surface area (Å²) < 4.78 is 6.85. The second-order valence-electron chi connectivity index (χ2n) is 4.02. The third-order valence-corrected chi connectivity index (χ3v) is 2.78. The van der Waals surface area contributed by atoms with Crippen LogP contribution in [0.5, 0.6) is 0 Å². The first-order valence-electron chi connectivity index (χ1n) is 5.49. The average Bonchev–Trinajstić information content (AvgIpc) is 2.75. The summed E-state index contributed by atoms with van der Waals surface area (Å²) in [6, 6.07) is 5.17. The minimum absolute atomic E-state index is 0.168. The Kier molecular flexibility index (Phi) is 2.72. The standard InChI is InChI=1S/C12H9ClN4O2/c13-7-4-15-12(18)17(5-7)6-11-16-9-3-8(14)1-2-10(9)19-11/h1-5H,6,14H2. The molecule has 3 aromatic rings. The van der Waals surface area contributed by atoms with Gasteiger partial charge in [-0.05, 0) is 18.2 Å². The van der Waals surface area contributed by atoms with Crippen LogP contribution in [0.4, 0.5) is 5.69 Å². The van der Waals surface area contributed by atoms with Gasteiger partial charge in [0.25, 0.3) is 0 Å². The van der Waals surface area contributed by atoms with Crippen LogP contribution < -0.4 is 11.4 Å². The maximum atomic E-state index is 11.5. The third-order valence-electron chi connectivity index (χ3n) is 2.58. The molecule has 6 nitrogen and oxygen atoms in total. The Morgan fingerprint density at radius 2 is 2.26 bits per heavy atom. The summed E-state index contributed by atoms with van der Waals surface area (Å²) in [5.74, 6) is 0.395. The topological polar surface area (TPSA) is 86.9 Å². The Balaban J connectivity index is 2.01. The minimum atomic E-state index is -0.411. The van der Waals surface area contributed by atoms with Gasteiger partial charge < -0.3 is 10.2 Å². The fourth-order valence-corrected chi connectivity index (χ4v) is 1.91. The van der Waals surface area contributed by atoms with E-state index in [0.717, 1.165) is 0 Å². The van der Waals surface area contributed by atoms with Crippen molar-refractivity contribution in [2.75, 3.05) is 5.73 Å². The van der Waals surface area contributed by atoms with Gasteiger partial charge >= 0.3 is 5.69 Å². The van der Waals surface area contributed by atoms with Crippen LogP contribution in [0.15, 0.2) is 39.8 Å². The fraction of sp³-hybridized carbons (Fsp3) is 0.0833. The van der Waals surface area contributed by atoms with Crippen molar-refractivity contribution in [3.05, 3.63) is 52.0 Å². The van der Waals surface area contributed by atoms with Gasteiger partial charge in [-0.2, -0.15) is 0 Å². The lowest BCUT2D eigenvalue weighted by Crippen LogP contribution is -2.22. The predicted molar refractivity (Wildman–Crippen MR) is 71.0 cm³/mol. The molecular formula is C12H9ClN4O2. The molecule has 2 aromatic heterocycles. The molecule has 2 N–H and O–H groups in total. The number of rotatable bonds is 2. The van der Waals surface area contributed by atoms with E-state index in [1.807, 2.05) is 0 Å². The minimum Gasteiger partial charge on any atom is -0.439 e. The molecule has 0 saturated heterocycles. The highest BCUT2D eigenvalue weighted by atomic mass is 35.5. The Hall–Kier alpha value is -2.34. The fourth-order valence-electron chi connectivity index (χ4n) is 1.75. The highest BCUT2D eigenvalue weighted by Crippen LogP contribution is 2.18. The van der Waals surface area contributed by atoms with Gasteiger partial charge in [0.1, 0.15) is 12.1 Å². The molecule has 19 heavy (non-hydrogen) atoms. The molecular weight excluding hydrogens is 268 g/mol. The molecule has 0 atom stereocenters. The Labute approximate surface area is 112 Å². The molecule has 2 heterocycles. The summed E-state index contributed by atoms with van der Waals surface area (Å²) in [6.07, 6.45) is 2.78. The van der Waals surface area contributed by atoms with Crippen LogP contribution in [0.25, 0.3) is 11.1 Å². The third kappa shape index (κ3) is 2.30. The maximum absolute atomic E-state index is 11.5. The number of benzene rings is 1. The molecule has 0 spiro atoms. The van der Waals surface area contributed by atoms with Crippen LogP contribution in [0.2, 0.25) is 5.02 Å². The molecule has 7 heteroatoms. The lowest BCUT2D eigenvalue weighted by Gasteiger charge is -2.00. The second-order valence-corrected chi connectivity index (χ2v) is 4.45. The molecule has 0 unspecified atom stereocenters. The number of anilines is 1. The Morgan fingerprint density at radius 3 is 3.11 bits per heavy atom. The smallest absolute Gasteiger partial charge is 0.348 e. The SMILES string of the molecule is Nc1ccc2oc(Cn3cc(Cl)cnc3=O)nc2c1. The molecule has 3 rings (SSSR count). The largest absolute Gasteiger partial charge is 0.439 e. The summed E-state index contributed by atoms with van der Waals surface area (Å²) >= 11 is 5.79. The average molecular weight is 277 g/mol. The van der Waals surface area contributed by atoms with Gasteiger partial charge in [0, 0.05) is 11.9 Å². The van der Waals surface area contributed by atoms with Crippen LogP contribution in [0, 0.1) is 0 Å². The van der Waals surface area contributed by atoms with Gasteiger partial charge in [0.2, 0.25) is 5.89 Å². The van der Waals surface area contributed by atoms with E-state index in [-0.39, 0.29) is 6.54 Å². The lowest BCUT2D eigenvalue weighted by atomic mass is 10.3. The first-order valence-corrected chi connectivity index (χ1v) is 5.86. The summed E-state index contributed by atoms with van der Waals surface area (Å²) in [5.41, 5.74) is 7.13. The van der Waals surface area contributed by atoms with Gasteiger partial charge in [-0.25, -0.2) is 14.8 Å². The van der Waals surface area contributed by atoms with Crippen LogP contribution in [-0.2, 0) is 6.54 Å². The van der Waals surface area contributed by atoms with Gasteiger partial charge in [-0.15, -0.1) is 0 Å². The van der Waals surface area contributed by atoms with E-state index in [2.05, 4.69) is 9.97 Å². The zero-order chi connectivity index (χ0) is 13.4. The van der Waals surface area contributed by atoms with E-state index in [0.29, 0.717) is 27.7 Å². The van der Waals surface area contributed by atoms with Gasteiger partial charge in [-0.3, -0.25) is 4.57 Å². The molecule has 0 radical (unpaired) electrons. The lowest BCUT2D eigenvalue weighted by molar-refractivity contribution is 0.501. The molecule has 96 valence electrons. The van der Waals surface area contributed by atoms with Crippen LogP contribution in [-0.4, -0.2) is 14.5 Å². The van der Waals surface area contributed by atoms with Crippen molar-refractivity contribution in [3.8, 4) is 0 Å². The summed E-state index contributed by atoms with van der Waals surface area (Å²) in [4.78, 5) is 19.4. The quantitative estimate of drug-likeness (QED) is 0.720. The van der Waals surface area contributed by atoms with Crippen molar-refractivity contribution >= 4 is 28.4 Å². The van der Waals surface area contributed by atoms with Gasteiger partial charge in [0.15, 0.2) is 5.58 Å². The van der Waals surface area contributed by atoms with Gasteiger partial charge in [-0.1, -0.05) is 11.6 Å². The van der Waals surface area contributed by atoms with Crippen LogP contribution in [0.1, 0.15) is 5.89 Å². The van der Waals surface area contributed by atoms with E-state index in [4.69, 9.17) is 21.8 Å². The zero-order valence-corrected chi connectivity index (χ0v) is 10.5. The van der Waals surface area contributed by atoms with Gasteiger partial charge in [0.05, 0.1) is 11.2 Å². The number of nitrogens with two attached hydrogens (primary N) is 1. The first-order chi connectivity index (χ1) is 9.11. The number of aromatic nitrogens is 3. The molecule has 0 aliphatic heterocycles. The van der Waals surface area contributed by atoms with Crippen molar-refractivity contribution < 1.29 is 4.42 Å². The first kappa shape index (κ1) is 11.7. The molecule has 1 aromatic carbocycles. The van der Waals surface area contributed by atoms with E-state index in [9.17, 15) is 4.79 Å². The van der Waals surface area contributed by atoms with Crippen LogP contribution in [0.3, 0.4) is 0 Å². The van der Waals surface area contributed by atoms with Crippen molar-refractivity contribution in [1.29, 1.82) is 0 Å². The summed E-state index contributed by atoms with van der Waals surface area (Å²) in [5, 5.41) is 0.375. The van der Waals surface area contributed by atoms with Crippen molar-refractivity contribution in [1.82, 2.24) is 14.5 Å². The van der Waals surface area contributed by atoms with Crippen molar-refractivity contribution in [3.63, 3.8) is 0 Å². The molecule has 0 amide bonds. The highest BCUT2D eigenvalue weighted by molar-refractivity contribution is 6.30. The number of nitrogens with zero attached hydrogens (tertiary/aromatic N) is 3. The normalized spacial score (nSPS) is 11.0. The number of hydrogen-bond acceptors (Lipinski definition) is 5. The maximum Gasteiger partial charge on any atom is 0.348 e. The zero-order valence-electron chi connectivity index (χ0n) is 9.71. The number of nitrogen functional groups attached to an aromatic ring is 1. The van der Waals surface area contributed by atoms with E-state index in [1.54, 1.807) is 18.2 Å². The van der Waals surface area contributed by atoms with E-state index in [1.165, 1.54) is 17.0 Å². The monoisotopic (exact) mass is 276 g/mol. The van der Waals surface area contributed by atoms with Crippen LogP contribution >= 0.6 is 11.6 Å². The molecule has 0 aliphatic rings. The predicted octanol–water partition coefficient (Wildman–Crippen LogP) is 1.67. The summed E-state index contributed by atoms with van der Waals surface area (Å²) in [6.45, 7) is 0.168. The van der Waals surface area contributed by atoms with Crippen molar-refractivity contribution in [2.45, 2.75) is 6.54 Å². The van der Waals surface area contributed by atoms with Crippen molar-refractivity contribution in [2.24, 2.45) is 0 Å². The van der Waals surface area contributed by atoms with E-state index < -0.39 is 5.69 Å². The number of hydrogen-bond donors (Lipinski definition) is 1. The Bertz CT molecular complexity index is 809. The summed E-state index contributed by atoms with van der Waals surface area (Å²) in [7, 11) is 0. The number of halogens is 1. The molecule has 0 saturated carbocycles. The second kappa shape index (κ2) is 4.40. The molecule has 0 bridgehead atoms. The Morgan fingerprint density at radius 1 is 1.42 bits per heavy atom. The molecule has 0 aliphatic carbocycles. The van der Waals surface area contributed by atoms with E-state index >= 15 is 0 Å². The highest BCUT2D eigenvalue weighted by Gasteiger charge is 2.08. The number of fused-ring (bicyclic) bond motifs is 1. The molecule has 0 fully saturated rings.